The van der Waals surface area contributed by atoms with Crippen molar-refractivity contribution < 1.29 is 9.18 Å². The highest BCUT2D eigenvalue weighted by atomic mass is 35.5. The van der Waals surface area contributed by atoms with Crippen LogP contribution >= 0.6 is 23.2 Å². The molecule has 2 aliphatic rings. The summed E-state index contributed by atoms with van der Waals surface area (Å²) in [6, 6.07) is 9.97. The van der Waals surface area contributed by atoms with Gasteiger partial charge in [-0.05, 0) is 60.4 Å². The Kier molecular flexibility index (Phi) is 6.21. The molecule has 1 amide bonds. The van der Waals surface area contributed by atoms with Crippen molar-refractivity contribution in [1.82, 2.24) is 5.32 Å². The minimum absolute atomic E-state index is 0.0418. The number of halogens is 3. The third-order valence-electron chi connectivity index (χ3n) is 7.52. The number of nitrogens with one attached hydrogen (secondary N) is 2. The van der Waals surface area contributed by atoms with Gasteiger partial charge in [0.05, 0.1) is 11.1 Å². The lowest BCUT2D eigenvalue weighted by Crippen LogP contribution is -2.52. The minimum atomic E-state index is -0.713. The van der Waals surface area contributed by atoms with E-state index < -0.39 is 29.2 Å². The molecule has 4 N–H and O–H groups in total. The van der Waals surface area contributed by atoms with E-state index in [9.17, 15) is 4.79 Å². The van der Waals surface area contributed by atoms with Gasteiger partial charge in [0.2, 0.25) is 5.91 Å². The van der Waals surface area contributed by atoms with Gasteiger partial charge in [-0.1, -0.05) is 55.2 Å². The maximum absolute atomic E-state index is 15.4. The van der Waals surface area contributed by atoms with Crippen LogP contribution in [-0.2, 0) is 4.79 Å². The zero-order valence-electron chi connectivity index (χ0n) is 18.6. The van der Waals surface area contributed by atoms with Crippen molar-refractivity contribution in [3.63, 3.8) is 0 Å². The predicted octanol–water partition coefficient (Wildman–Crippen LogP) is 5.84. The number of nitrogens with two attached hydrogens (primary N) is 1. The molecule has 0 bridgehead atoms. The third-order valence-corrected chi connectivity index (χ3v) is 8.05. The largest absolute Gasteiger partial charge is 0.388 e. The third kappa shape index (κ3) is 4.00. The van der Waals surface area contributed by atoms with E-state index in [0.29, 0.717) is 10.6 Å². The van der Waals surface area contributed by atoms with Crippen LogP contribution in [0.5, 0.6) is 0 Å². The van der Waals surface area contributed by atoms with Crippen molar-refractivity contribution in [3.8, 4) is 0 Å². The van der Waals surface area contributed by atoms with E-state index in [1.54, 1.807) is 12.1 Å². The first-order valence-electron chi connectivity index (χ1n) is 11.1. The van der Waals surface area contributed by atoms with E-state index in [-0.39, 0.29) is 16.4 Å². The van der Waals surface area contributed by atoms with Crippen molar-refractivity contribution in [1.29, 1.82) is 0 Å². The average molecular weight is 478 g/mol. The fourth-order valence-corrected chi connectivity index (χ4v) is 6.10. The van der Waals surface area contributed by atoms with Gasteiger partial charge in [0.1, 0.15) is 5.82 Å². The second kappa shape index (κ2) is 8.51. The smallest absolute Gasteiger partial charge is 0.235 e. The molecule has 2 aromatic carbocycles. The van der Waals surface area contributed by atoms with Gasteiger partial charge in [-0.25, -0.2) is 4.39 Å². The molecule has 0 radical (unpaired) electrons. The summed E-state index contributed by atoms with van der Waals surface area (Å²) in [7, 11) is 1.84. The molecule has 4 rings (SSSR count). The van der Waals surface area contributed by atoms with E-state index in [1.807, 2.05) is 25.2 Å². The number of anilines is 1. The quantitative estimate of drug-likeness (QED) is 0.518. The zero-order valence-corrected chi connectivity index (χ0v) is 20.2. The van der Waals surface area contributed by atoms with Crippen LogP contribution in [0, 0.1) is 11.2 Å². The van der Waals surface area contributed by atoms with Crippen LogP contribution < -0.4 is 16.4 Å². The summed E-state index contributed by atoms with van der Waals surface area (Å²) >= 11 is 12.5. The van der Waals surface area contributed by atoms with Gasteiger partial charge < -0.3 is 11.1 Å². The maximum Gasteiger partial charge on any atom is 0.235 e. The number of hydrogen-bond acceptors (Lipinski definition) is 3. The molecule has 3 atom stereocenters. The van der Waals surface area contributed by atoms with Crippen molar-refractivity contribution in [3.05, 3.63) is 63.4 Å². The standard InChI is InChI=1S/C25H30Cl2FN3O/c1-24(2)9-11-25(12-10-24)20(15-8-7-14(26)13-18(15)30-3)19(22(31-25)23(29)32)16-5-4-6-17(27)21(16)28/h4-8,13,19-20,22,30-31H,9-12H2,1-3H3,(H2,29,32)/t19-,20?,22?/m1/s1. The van der Waals surface area contributed by atoms with Gasteiger partial charge in [-0.2, -0.15) is 0 Å². The van der Waals surface area contributed by atoms with Crippen LogP contribution in [0.4, 0.5) is 10.1 Å². The first kappa shape index (κ1) is 23.3. The van der Waals surface area contributed by atoms with Crippen molar-refractivity contribution in [2.45, 2.75) is 62.9 Å². The van der Waals surface area contributed by atoms with E-state index in [4.69, 9.17) is 28.9 Å². The van der Waals surface area contributed by atoms with Gasteiger partial charge >= 0.3 is 0 Å². The Bertz CT molecular complexity index is 1030. The van der Waals surface area contributed by atoms with Gasteiger partial charge in [0.25, 0.3) is 0 Å². The van der Waals surface area contributed by atoms with Crippen LogP contribution in [0.25, 0.3) is 0 Å². The monoisotopic (exact) mass is 477 g/mol. The molecule has 7 heteroatoms. The lowest BCUT2D eigenvalue weighted by atomic mass is 9.61. The van der Waals surface area contributed by atoms with Crippen LogP contribution in [0.1, 0.15) is 62.5 Å². The van der Waals surface area contributed by atoms with Gasteiger partial charge in [0.15, 0.2) is 0 Å². The van der Waals surface area contributed by atoms with Crippen molar-refractivity contribution in [2.24, 2.45) is 11.1 Å². The molecule has 1 heterocycles. The lowest BCUT2D eigenvalue weighted by molar-refractivity contribution is -0.120. The van der Waals surface area contributed by atoms with Gasteiger partial charge in [0, 0.05) is 35.1 Å². The molecule has 1 aliphatic carbocycles. The fourth-order valence-electron chi connectivity index (χ4n) is 5.75. The van der Waals surface area contributed by atoms with E-state index in [0.717, 1.165) is 36.9 Å². The Morgan fingerprint density at radius 2 is 1.81 bits per heavy atom. The SMILES string of the molecule is CNc1cc(Cl)ccc1C1[C@@H](c2cccc(Cl)c2F)C(C(N)=O)NC12CCC(C)(C)CC2. The lowest BCUT2D eigenvalue weighted by Gasteiger charge is -2.46. The van der Waals surface area contributed by atoms with Gasteiger partial charge in [-0.15, -0.1) is 0 Å². The van der Waals surface area contributed by atoms with Crippen LogP contribution in [-0.4, -0.2) is 24.5 Å². The highest BCUT2D eigenvalue weighted by Crippen LogP contribution is 2.57. The number of amides is 1. The highest BCUT2D eigenvalue weighted by molar-refractivity contribution is 6.31. The summed E-state index contributed by atoms with van der Waals surface area (Å²) in [6.07, 6.45) is 3.71. The van der Waals surface area contributed by atoms with E-state index in [1.165, 1.54) is 6.07 Å². The molecule has 2 unspecified atom stereocenters. The number of primary amides is 1. The molecule has 2 fully saturated rings. The molecular formula is C25H30Cl2FN3O. The summed E-state index contributed by atoms with van der Waals surface area (Å²) in [6.45, 7) is 4.54. The zero-order chi connectivity index (χ0) is 23.3. The van der Waals surface area contributed by atoms with Crippen LogP contribution in [0.2, 0.25) is 10.0 Å². The Balaban J connectivity index is 1.95. The molecule has 1 saturated heterocycles. The maximum atomic E-state index is 15.4. The van der Waals surface area contributed by atoms with Gasteiger partial charge in [-0.3, -0.25) is 10.1 Å². The molecule has 1 aliphatic heterocycles. The summed E-state index contributed by atoms with van der Waals surface area (Å²) in [5, 5.41) is 7.51. The Labute approximate surface area is 199 Å². The number of rotatable bonds is 4. The molecule has 4 nitrogen and oxygen atoms in total. The summed E-state index contributed by atoms with van der Waals surface area (Å²) in [5.74, 6) is -1.67. The molecule has 0 aromatic heterocycles. The first-order valence-corrected chi connectivity index (χ1v) is 11.8. The summed E-state index contributed by atoms with van der Waals surface area (Å²) < 4.78 is 15.4. The number of carbonyl (C=O) groups is 1. The minimum Gasteiger partial charge on any atom is -0.388 e. The van der Waals surface area contributed by atoms with E-state index in [2.05, 4.69) is 24.5 Å². The van der Waals surface area contributed by atoms with Crippen molar-refractivity contribution in [2.75, 3.05) is 12.4 Å². The second-order valence-electron chi connectivity index (χ2n) is 9.97. The first-order chi connectivity index (χ1) is 15.1. The molecule has 172 valence electrons. The number of hydrogen-bond donors (Lipinski definition) is 3. The Hall–Kier alpha value is -1.82. The van der Waals surface area contributed by atoms with Crippen LogP contribution in [0.15, 0.2) is 36.4 Å². The number of carbonyl (C=O) groups excluding carboxylic acids is 1. The number of benzene rings is 2. The molecule has 1 spiro atoms. The molecule has 2 aromatic rings. The topological polar surface area (TPSA) is 67.1 Å². The highest BCUT2D eigenvalue weighted by Gasteiger charge is 2.58. The summed E-state index contributed by atoms with van der Waals surface area (Å²) in [5.41, 5.74) is 8.00. The summed E-state index contributed by atoms with van der Waals surface area (Å²) in [4.78, 5) is 12.7. The Morgan fingerprint density at radius 3 is 2.44 bits per heavy atom. The molecule has 32 heavy (non-hydrogen) atoms. The van der Waals surface area contributed by atoms with Crippen LogP contribution in [0.3, 0.4) is 0 Å². The Morgan fingerprint density at radius 1 is 1.12 bits per heavy atom. The normalized spacial score (nSPS) is 26.2. The molecule has 1 saturated carbocycles. The predicted molar refractivity (Wildman–Crippen MR) is 129 cm³/mol. The van der Waals surface area contributed by atoms with Crippen molar-refractivity contribution >= 4 is 34.8 Å². The molecular weight excluding hydrogens is 448 g/mol. The fraction of sp³-hybridized carbons (Fsp3) is 0.480. The second-order valence-corrected chi connectivity index (χ2v) is 10.8. The van der Waals surface area contributed by atoms with E-state index >= 15 is 4.39 Å². The average Bonchev–Trinajstić information content (AvgIpc) is 3.07.